The molecule has 120 valence electrons. The molecule has 0 spiro atoms. The number of nitrogens with one attached hydrogen (secondary N) is 1. The fourth-order valence-electron chi connectivity index (χ4n) is 2.38. The van der Waals surface area contributed by atoms with Crippen molar-refractivity contribution in [2.45, 2.75) is 58.3 Å². The van der Waals surface area contributed by atoms with Crippen molar-refractivity contribution >= 4 is 18.7 Å². The predicted molar refractivity (Wildman–Crippen MR) is 86.3 cm³/mol. The van der Waals surface area contributed by atoms with Crippen LogP contribution in [0.25, 0.3) is 0 Å². The van der Waals surface area contributed by atoms with E-state index < -0.39 is 18.8 Å². The van der Waals surface area contributed by atoms with Gasteiger partial charge >= 0.3 is 13.2 Å². The molecule has 2 N–H and O–H groups in total. The van der Waals surface area contributed by atoms with E-state index in [0.29, 0.717) is 0 Å². The molecule has 0 aromatic heterocycles. The molecule has 1 aromatic rings. The number of carbonyl (C=O) groups is 1. The third kappa shape index (κ3) is 3.13. The summed E-state index contributed by atoms with van der Waals surface area (Å²) in [5, 5.41) is 11.4. The lowest BCUT2D eigenvalue weighted by atomic mass is 9.78. The van der Waals surface area contributed by atoms with Crippen LogP contribution in [0.5, 0.6) is 0 Å². The van der Waals surface area contributed by atoms with Gasteiger partial charge in [0.25, 0.3) is 0 Å². The van der Waals surface area contributed by atoms with Gasteiger partial charge in [-0.3, -0.25) is 0 Å². The van der Waals surface area contributed by atoms with E-state index in [1.54, 1.807) is 0 Å². The molecule has 1 heterocycles. The van der Waals surface area contributed by atoms with E-state index in [4.69, 9.17) is 14.4 Å². The summed E-state index contributed by atoms with van der Waals surface area (Å²) in [5.41, 5.74) is 0.407. The molecule has 0 atom stereocenters. The van der Waals surface area contributed by atoms with Crippen LogP contribution in [0.4, 0.5) is 4.79 Å². The first-order valence-corrected chi connectivity index (χ1v) is 7.42. The number of amides is 1. The largest absolute Gasteiger partial charge is 0.494 e. The normalized spacial score (nSPS) is 20.0. The minimum atomic E-state index is -1.04. The molecule has 1 saturated heterocycles. The minimum Gasteiger partial charge on any atom is -0.465 e. The highest BCUT2D eigenvalue weighted by atomic mass is 16.7. The Kier molecular flexibility index (Phi) is 4.04. The molecular formula is C16H24BNO4. The zero-order chi connectivity index (χ0) is 16.8. The molecule has 1 aliphatic heterocycles. The molecule has 0 aliphatic carbocycles. The molecular weight excluding hydrogens is 281 g/mol. The van der Waals surface area contributed by atoms with Gasteiger partial charge in [0.05, 0.1) is 16.7 Å². The number of rotatable bonds is 3. The van der Waals surface area contributed by atoms with Crippen LogP contribution in [-0.2, 0) is 14.8 Å². The van der Waals surface area contributed by atoms with E-state index >= 15 is 0 Å². The van der Waals surface area contributed by atoms with Crippen molar-refractivity contribution in [2.24, 2.45) is 0 Å². The first-order valence-electron chi connectivity index (χ1n) is 7.42. The van der Waals surface area contributed by atoms with E-state index in [9.17, 15) is 4.79 Å². The molecule has 0 saturated carbocycles. The summed E-state index contributed by atoms with van der Waals surface area (Å²) in [5.74, 6) is 0. The maximum atomic E-state index is 10.9. The van der Waals surface area contributed by atoms with Gasteiger partial charge in [0.1, 0.15) is 0 Å². The summed E-state index contributed by atoms with van der Waals surface area (Å²) in [7, 11) is -0.408. The lowest BCUT2D eigenvalue weighted by molar-refractivity contribution is 0.00578. The molecule has 6 heteroatoms. The SMILES string of the molecule is CC(C)(NC(=O)O)c1ccc(B2OC(C)(C)C(C)(C)O2)cc1. The molecule has 0 bridgehead atoms. The Hall–Kier alpha value is -1.53. The summed E-state index contributed by atoms with van der Waals surface area (Å²) < 4.78 is 12.0. The second-order valence-electron chi connectivity index (χ2n) is 7.27. The van der Waals surface area contributed by atoms with Gasteiger partial charge in [0.2, 0.25) is 0 Å². The van der Waals surface area contributed by atoms with Gasteiger partial charge in [-0.05, 0) is 52.6 Å². The standard InChI is InChI=1S/C16H24BNO4/c1-14(2,18-13(19)20)11-7-9-12(10-8-11)17-21-15(3,4)16(5,6)22-17/h7-10,18H,1-6H3,(H,19,20). The lowest BCUT2D eigenvalue weighted by Gasteiger charge is -2.32. The van der Waals surface area contributed by atoms with Gasteiger partial charge in [-0.2, -0.15) is 0 Å². The van der Waals surface area contributed by atoms with Crippen LogP contribution in [0, 0.1) is 0 Å². The van der Waals surface area contributed by atoms with Crippen molar-refractivity contribution in [1.29, 1.82) is 0 Å². The van der Waals surface area contributed by atoms with Crippen LogP contribution in [0.2, 0.25) is 0 Å². The fourth-order valence-corrected chi connectivity index (χ4v) is 2.38. The van der Waals surface area contributed by atoms with Crippen molar-refractivity contribution in [3.05, 3.63) is 29.8 Å². The molecule has 1 aliphatic rings. The molecule has 1 fully saturated rings. The van der Waals surface area contributed by atoms with E-state index in [1.807, 2.05) is 65.8 Å². The number of benzene rings is 1. The van der Waals surface area contributed by atoms with Crippen LogP contribution in [0.15, 0.2) is 24.3 Å². The van der Waals surface area contributed by atoms with Crippen molar-refractivity contribution in [3.8, 4) is 0 Å². The van der Waals surface area contributed by atoms with Gasteiger partial charge in [-0.15, -0.1) is 0 Å². The average molecular weight is 305 g/mol. The molecule has 5 nitrogen and oxygen atoms in total. The van der Waals surface area contributed by atoms with Crippen molar-refractivity contribution in [3.63, 3.8) is 0 Å². The van der Waals surface area contributed by atoms with Crippen molar-refractivity contribution in [2.75, 3.05) is 0 Å². The number of hydrogen-bond acceptors (Lipinski definition) is 3. The third-order valence-corrected chi connectivity index (χ3v) is 4.58. The topological polar surface area (TPSA) is 67.8 Å². The van der Waals surface area contributed by atoms with E-state index in [-0.39, 0.29) is 11.2 Å². The Morgan fingerprint density at radius 2 is 1.55 bits per heavy atom. The van der Waals surface area contributed by atoms with Crippen LogP contribution < -0.4 is 10.8 Å². The van der Waals surface area contributed by atoms with E-state index in [0.717, 1.165) is 11.0 Å². The van der Waals surface area contributed by atoms with E-state index in [2.05, 4.69) is 5.32 Å². The second kappa shape index (κ2) is 5.28. The summed E-state index contributed by atoms with van der Waals surface area (Å²) in [6, 6.07) is 7.64. The van der Waals surface area contributed by atoms with Crippen LogP contribution in [0.3, 0.4) is 0 Å². The highest BCUT2D eigenvalue weighted by Crippen LogP contribution is 2.36. The average Bonchev–Trinajstić information content (AvgIpc) is 2.57. The Bertz CT molecular complexity index is 550. The van der Waals surface area contributed by atoms with Gasteiger partial charge in [-0.1, -0.05) is 24.3 Å². The molecule has 2 rings (SSSR count). The van der Waals surface area contributed by atoms with Crippen LogP contribution >= 0.6 is 0 Å². The van der Waals surface area contributed by atoms with Gasteiger partial charge in [0, 0.05) is 0 Å². The monoisotopic (exact) mass is 305 g/mol. The predicted octanol–water partition coefficient (Wildman–Crippen LogP) is 2.49. The summed E-state index contributed by atoms with van der Waals surface area (Å²) in [6.45, 7) is 11.7. The van der Waals surface area contributed by atoms with E-state index in [1.165, 1.54) is 0 Å². The summed E-state index contributed by atoms with van der Waals surface area (Å²) >= 11 is 0. The Morgan fingerprint density at radius 3 is 1.95 bits per heavy atom. The van der Waals surface area contributed by atoms with Gasteiger partial charge in [0.15, 0.2) is 0 Å². The molecule has 1 amide bonds. The van der Waals surface area contributed by atoms with Crippen LogP contribution in [0.1, 0.15) is 47.1 Å². The zero-order valence-corrected chi connectivity index (χ0v) is 14.1. The number of carboxylic acid groups (broad SMARTS) is 1. The molecule has 1 aromatic carbocycles. The van der Waals surface area contributed by atoms with Gasteiger partial charge in [-0.25, -0.2) is 4.79 Å². The van der Waals surface area contributed by atoms with Crippen molar-refractivity contribution < 1.29 is 19.2 Å². The second-order valence-corrected chi connectivity index (χ2v) is 7.27. The first kappa shape index (κ1) is 16.8. The lowest BCUT2D eigenvalue weighted by Crippen LogP contribution is -2.41. The quantitative estimate of drug-likeness (QED) is 0.842. The fraction of sp³-hybridized carbons (Fsp3) is 0.562. The molecule has 0 unspecified atom stereocenters. The Balaban J connectivity index is 2.19. The van der Waals surface area contributed by atoms with Crippen LogP contribution in [-0.4, -0.2) is 29.5 Å². The highest BCUT2D eigenvalue weighted by Gasteiger charge is 2.51. The third-order valence-electron chi connectivity index (χ3n) is 4.58. The molecule has 0 radical (unpaired) electrons. The smallest absolute Gasteiger partial charge is 0.465 e. The maximum absolute atomic E-state index is 10.9. The zero-order valence-electron chi connectivity index (χ0n) is 14.1. The first-order chi connectivity index (χ1) is 9.95. The Morgan fingerprint density at radius 1 is 1.09 bits per heavy atom. The van der Waals surface area contributed by atoms with Gasteiger partial charge < -0.3 is 19.7 Å². The summed E-state index contributed by atoms with van der Waals surface area (Å²) in [4.78, 5) is 10.9. The summed E-state index contributed by atoms with van der Waals surface area (Å²) in [6.07, 6.45) is -1.04. The highest BCUT2D eigenvalue weighted by molar-refractivity contribution is 6.62. The minimum absolute atomic E-state index is 0.375. The Labute approximate surface area is 132 Å². The maximum Gasteiger partial charge on any atom is 0.494 e. The van der Waals surface area contributed by atoms with Crippen molar-refractivity contribution in [1.82, 2.24) is 5.32 Å². The molecule has 22 heavy (non-hydrogen) atoms. The number of hydrogen-bond donors (Lipinski definition) is 2.